The van der Waals surface area contributed by atoms with Crippen LogP contribution in [0.15, 0.2) is 48.2 Å². The molecule has 0 aromatic heterocycles. The average molecular weight is 149 g/mol. The second-order valence-corrected chi connectivity index (χ2v) is 2.22. The van der Waals surface area contributed by atoms with Crippen LogP contribution < -0.4 is 5.73 Å². The Morgan fingerprint density at radius 2 is 1.73 bits per heavy atom. The Morgan fingerprint density at radius 3 is 2.18 bits per heavy atom. The third-order valence-corrected chi connectivity index (χ3v) is 1.09. The fourth-order valence-corrected chi connectivity index (χ4v) is 0.717. The first-order chi connectivity index (χ1) is 5.20. The molecule has 0 saturated heterocycles. The Balaban J connectivity index is 4.19. The molecule has 0 fully saturated rings. The summed E-state index contributed by atoms with van der Waals surface area (Å²) in [6, 6.07) is 0. The second kappa shape index (κ2) is 5.54. The number of rotatable bonds is 3. The minimum atomic E-state index is 0.732. The van der Waals surface area contributed by atoms with Gasteiger partial charge in [-0.05, 0) is 31.6 Å². The molecule has 60 valence electrons. The van der Waals surface area contributed by atoms with Crippen molar-refractivity contribution in [2.75, 3.05) is 0 Å². The number of allylic oxidation sites excluding steroid dienone is 6. The van der Waals surface area contributed by atoms with Gasteiger partial charge in [0, 0.05) is 5.70 Å². The largest absolute Gasteiger partial charge is 0.399 e. The molecule has 0 unspecified atom stereocenters. The SMILES string of the molecule is C=C(/C=C\C)/C=C(N)\C=C/C. The Hall–Kier alpha value is -1.24. The van der Waals surface area contributed by atoms with Gasteiger partial charge >= 0.3 is 0 Å². The summed E-state index contributed by atoms with van der Waals surface area (Å²) in [4.78, 5) is 0. The lowest BCUT2D eigenvalue weighted by atomic mass is 10.2. The van der Waals surface area contributed by atoms with Crippen molar-refractivity contribution >= 4 is 0 Å². The van der Waals surface area contributed by atoms with Crippen molar-refractivity contribution < 1.29 is 0 Å². The number of hydrogen-bond acceptors (Lipinski definition) is 1. The molecule has 0 aliphatic rings. The van der Waals surface area contributed by atoms with Gasteiger partial charge in [0.15, 0.2) is 0 Å². The molecule has 0 rings (SSSR count). The van der Waals surface area contributed by atoms with Crippen LogP contribution in [0.3, 0.4) is 0 Å². The zero-order valence-corrected chi connectivity index (χ0v) is 7.17. The maximum Gasteiger partial charge on any atom is 0.0316 e. The van der Waals surface area contributed by atoms with Gasteiger partial charge in [-0.15, -0.1) is 0 Å². The summed E-state index contributed by atoms with van der Waals surface area (Å²) in [5, 5.41) is 0. The van der Waals surface area contributed by atoms with Gasteiger partial charge in [0.05, 0.1) is 0 Å². The van der Waals surface area contributed by atoms with Crippen LogP contribution in [0.5, 0.6) is 0 Å². The number of nitrogens with two attached hydrogens (primary N) is 1. The van der Waals surface area contributed by atoms with Gasteiger partial charge in [0.2, 0.25) is 0 Å². The van der Waals surface area contributed by atoms with Gasteiger partial charge in [-0.3, -0.25) is 0 Å². The summed E-state index contributed by atoms with van der Waals surface area (Å²) in [7, 11) is 0. The van der Waals surface area contributed by atoms with E-state index in [1.807, 2.05) is 44.2 Å². The van der Waals surface area contributed by atoms with Crippen LogP contribution in [-0.2, 0) is 0 Å². The van der Waals surface area contributed by atoms with E-state index in [1.165, 1.54) is 0 Å². The first-order valence-corrected chi connectivity index (χ1v) is 3.62. The lowest BCUT2D eigenvalue weighted by molar-refractivity contribution is 1.40. The highest BCUT2D eigenvalue weighted by molar-refractivity contribution is 5.33. The zero-order valence-electron chi connectivity index (χ0n) is 7.17. The Morgan fingerprint density at radius 1 is 1.18 bits per heavy atom. The maximum absolute atomic E-state index is 5.59. The summed E-state index contributed by atoms with van der Waals surface area (Å²) >= 11 is 0. The van der Waals surface area contributed by atoms with Crippen LogP contribution in [0.2, 0.25) is 0 Å². The van der Waals surface area contributed by atoms with Crippen LogP contribution in [0, 0.1) is 0 Å². The van der Waals surface area contributed by atoms with Crippen molar-refractivity contribution in [3.05, 3.63) is 48.2 Å². The van der Waals surface area contributed by atoms with Crippen LogP contribution in [0.1, 0.15) is 13.8 Å². The van der Waals surface area contributed by atoms with E-state index in [0.717, 1.165) is 11.3 Å². The van der Waals surface area contributed by atoms with E-state index < -0.39 is 0 Å². The number of hydrogen-bond donors (Lipinski definition) is 1. The van der Waals surface area contributed by atoms with Crippen molar-refractivity contribution in [1.82, 2.24) is 0 Å². The van der Waals surface area contributed by atoms with E-state index in [-0.39, 0.29) is 0 Å². The van der Waals surface area contributed by atoms with Crippen LogP contribution >= 0.6 is 0 Å². The predicted molar refractivity (Wildman–Crippen MR) is 51.0 cm³/mol. The maximum atomic E-state index is 5.59. The second-order valence-electron chi connectivity index (χ2n) is 2.22. The van der Waals surface area contributed by atoms with Crippen molar-refractivity contribution in [3.8, 4) is 0 Å². The fourth-order valence-electron chi connectivity index (χ4n) is 0.717. The summed E-state index contributed by atoms with van der Waals surface area (Å²) < 4.78 is 0. The molecule has 11 heavy (non-hydrogen) atoms. The van der Waals surface area contributed by atoms with Crippen molar-refractivity contribution in [2.24, 2.45) is 5.73 Å². The summed E-state index contributed by atoms with van der Waals surface area (Å²) in [5.74, 6) is 0. The Bertz CT molecular complexity index is 207. The minimum Gasteiger partial charge on any atom is -0.399 e. The Labute approximate surface area is 68.6 Å². The van der Waals surface area contributed by atoms with E-state index in [2.05, 4.69) is 6.58 Å². The standard InChI is InChI=1S/C10H15N/c1-4-6-9(3)8-10(11)7-5-2/h4-8H,3,11H2,1-2H3/b6-4-,7-5-,10-8+. The van der Waals surface area contributed by atoms with Gasteiger partial charge in [0.25, 0.3) is 0 Å². The quantitative estimate of drug-likeness (QED) is 0.613. The monoisotopic (exact) mass is 149 g/mol. The molecule has 0 aromatic rings. The molecule has 2 N–H and O–H groups in total. The first-order valence-electron chi connectivity index (χ1n) is 3.62. The summed E-state index contributed by atoms with van der Waals surface area (Å²) in [5.41, 5.74) is 7.25. The molecule has 0 heterocycles. The van der Waals surface area contributed by atoms with E-state index >= 15 is 0 Å². The van der Waals surface area contributed by atoms with E-state index in [4.69, 9.17) is 5.73 Å². The topological polar surface area (TPSA) is 26.0 Å². The third-order valence-electron chi connectivity index (χ3n) is 1.09. The van der Waals surface area contributed by atoms with Crippen LogP contribution in [0.4, 0.5) is 0 Å². The molecular weight excluding hydrogens is 134 g/mol. The molecule has 1 heteroatoms. The first kappa shape index (κ1) is 9.76. The molecule has 1 nitrogen and oxygen atoms in total. The van der Waals surface area contributed by atoms with Crippen molar-refractivity contribution in [3.63, 3.8) is 0 Å². The highest BCUT2D eigenvalue weighted by Crippen LogP contribution is 1.98. The predicted octanol–water partition coefficient (Wildman–Crippen LogP) is 2.54. The Kier molecular flexibility index (Phi) is 4.91. The summed E-state index contributed by atoms with van der Waals surface area (Å²) in [6.07, 6.45) is 9.42. The van der Waals surface area contributed by atoms with Gasteiger partial charge in [-0.1, -0.05) is 24.8 Å². The molecule has 0 saturated carbocycles. The third kappa shape index (κ3) is 5.22. The van der Waals surface area contributed by atoms with Crippen LogP contribution in [0.25, 0.3) is 0 Å². The zero-order chi connectivity index (χ0) is 8.69. The highest BCUT2D eigenvalue weighted by atomic mass is 14.5. The molecule has 0 bridgehead atoms. The minimum absolute atomic E-state index is 0.732. The lowest BCUT2D eigenvalue weighted by Gasteiger charge is -1.92. The van der Waals surface area contributed by atoms with Gasteiger partial charge < -0.3 is 5.73 Å². The van der Waals surface area contributed by atoms with E-state index in [0.29, 0.717) is 0 Å². The van der Waals surface area contributed by atoms with Gasteiger partial charge in [0.1, 0.15) is 0 Å². The normalized spacial score (nSPS) is 13.1. The van der Waals surface area contributed by atoms with Gasteiger partial charge in [-0.25, -0.2) is 0 Å². The molecule has 0 aliphatic carbocycles. The highest BCUT2D eigenvalue weighted by Gasteiger charge is 1.82. The van der Waals surface area contributed by atoms with Gasteiger partial charge in [-0.2, -0.15) is 0 Å². The molecular formula is C10H15N. The molecule has 0 radical (unpaired) electrons. The lowest BCUT2D eigenvalue weighted by Crippen LogP contribution is -1.92. The molecule has 0 spiro atoms. The smallest absolute Gasteiger partial charge is 0.0316 e. The average Bonchev–Trinajstić information content (AvgIpc) is 1.87. The van der Waals surface area contributed by atoms with E-state index in [9.17, 15) is 0 Å². The summed E-state index contributed by atoms with van der Waals surface area (Å²) in [6.45, 7) is 7.67. The van der Waals surface area contributed by atoms with Crippen molar-refractivity contribution in [1.29, 1.82) is 0 Å². The molecule has 0 aliphatic heterocycles. The molecule has 0 atom stereocenters. The molecule has 0 aromatic carbocycles. The van der Waals surface area contributed by atoms with Crippen molar-refractivity contribution in [2.45, 2.75) is 13.8 Å². The van der Waals surface area contributed by atoms with E-state index in [1.54, 1.807) is 0 Å². The molecule has 0 amide bonds. The van der Waals surface area contributed by atoms with Crippen LogP contribution in [-0.4, -0.2) is 0 Å². The fraction of sp³-hybridized carbons (Fsp3) is 0.200.